The van der Waals surface area contributed by atoms with E-state index in [1.165, 1.54) is 5.56 Å². The van der Waals surface area contributed by atoms with Crippen molar-refractivity contribution in [2.45, 2.75) is 33.6 Å². The average Bonchev–Trinajstić information content (AvgIpc) is 2.18. The summed E-state index contributed by atoms with van der Waals surface area (Å²) in [4.78, 5) is 0. The highest BCUT2D eigenvalue weighted by Crippen LogP contribution is 2.29. The number of nitrogens with zero attached hydrogens (tertiary/aromatic N) is 1. The number of hydrogen-bond donors (Lipinski definition) is 0. The van der Waals surface area contributed by atoms with Crippen LogP contribution in [0, 0.1) is 22.7 Å². The Hall–Kier alpha value is -1.29. The van der Waals surface area contributed by atoms with Crippen molar-refractivity contribution in [3.63, 3.8) is 0 Å². The van der Waals surface area contributed by atoms with Gasteiger partial charge in [-0.2, -0.15) is 5.26 Å². The lowest BCUT2D eigenvalue weighted by Gasteiger charge is -2.23. The molecule has 0 bridgehead atoms. The number of rotatable bonds is 4. The quantitative estimate of drug-likeness (QED) is 0.726. The number of nitriles is 1. The molecule has 0 aromatic heterocycles. The maximum atomic E-state index is 9.25. The van der Waals surface area contributed by atoms with Gasteiger partial charge in [-0.3, -0.25) is 0 Å². The highest BCUT2D eigenvalue weighted by Gasteiger charge is 2.25. The largest absolute Gasteiger partial charge is 0.198 e. The van der Waals surface area contributed by atoms with E-state index in [2.05, 4.69) is 39.0 Å². The van der Waals surface area contributed by atoms with Crippen LogP contribution in [0.15, 0.2) is 30.3 Å². The Kier molecular flexibility index (Phi) is 3.91. The lowest BCUT2D eigenvalue weighted by Crippen LogP contribution is -2.19. The third-order valence-corrected chi connectivity index (χ3v) is 2.57. The number of benzene rings is 1. The van der Waals surface area contributed by atoms with Gasteiger partial charge >= 0.3 is 0 Å². The van der Waals surface area contributed by atoms with Crippen LogP contribution in [0.25, 0.3) is 0 Å². The Morgan fingerprint density at radius 1 is 1.27 bits per heavy atom. The molecule has 0 saturated heterocycles. The summed E-state index contributed by atoms with van der Waals surface area (Å²) in [7, 11) is 0. The first-order valence-corrected chi connectivity index (χ1v) is 5.51. The summed E-state index contributed by atoms with van der Waals surface area (Å²) in [5.74, 6) is 0.568. The lowest BCUT2D eigenvalue weighted by atomic mass is 9.78. The Balaban J connectivity index is 2.74. The highest BCUT2D eigenvalue weighted by molar-refractivity contribution is 5.18. The molecular formula is C14H19N. The molecule has 1 aromatic carbocycles. The summed E-state index contributed by atoms with van der Waals surface area (Å²) in [5, 5.41) is 9.25. The van der Waals surface area contributed by atoms with Gasteiger partial charge in [-0.1, -0.05) is 44.2 Å². The van der Waals surface area contributed by atoms with E-state index in [-0.39, 0.29) is 5.41 Å². The fourth-order valence-electron chi connectivity index (χ4n) is 2.10. The van der Waals surface area contributed by atoms with Crippen molar-refractivity contribution in [3.8, 4) is 6.07 Å². The summed E-state index contributed by atoms with van der Waals surface area (Å²) >= 11 is 0. The van der Waals surface area contributed by atoms with Crippen molar-refractivity contribution < 1.29 is 0 Å². The van der Waals surface area contributed by atoms with Crippen LogP contribution in [-0.4, -0.2) is 0 Å². The summed E-state index contributed by atoms with van der Waals surface area (Å²) in [6, 6.07) is 12.7. The first kappa shape index (κ1) is 11.8. The normalized spacial score (nSPS) is 14.6. The Morgan fingerprint density at radius 2 is 1.87 bits per heavy atom. The fourth-order valence-corrected chi connectivity index (χ4v) is 2.10. The standard InChI is InChI=1S/C14H19N/c1-12(2)9-14(3,11-15)10-13-7-5-4-6-8-13/h4-8,12H,9-10H2,1-3H3. The van der Waals surface area contributed by atoms with Crippen molar-refractivity contribution in [2.75, 3.05) is 0 Å². The molecule has 0 spiro atoms. The molecule has 0 heterocycles. The molecule has 0 fully saturated rings. The third kappa shape index (κ3) is 3.75. The van der Waals surface area contributed by atoms with E-state index in [4.69, 9.17) is 0 Å². The van der Waals surface area contributed by atoms with Crippen LogP contribution in [-0.2, 0) is 6.42 Å². The van der Waals surface area contributed by atoms with E-state index in [0.717, 1.165) is 12.8 Å². The molecule has 0 aliphatic carbocycles. The van der Waals surface area contributed by atoms with Crippen LogP contribution in [0.5, 0.6) is 0 Å². The number of hydrogen-bond acceptors (Lipinski definition) is 1. The van der Waals surface area contributed by atoms with Gasteiger partial charge in [-0.25, -0.2) is 0 Å². The van der Waals surface area contributed by atoms with Gasteiger partial charge in [-0.05, 0) is 31.2 Å². The van der Waals surface area contributed by atoms with E-state index in [0.29, 0.717) is 5.92 Å². The first-order valence-electron chi connectivity index (χ1n) is 5.51. The topological polar surface area (TPSA) is 23.8 Å². The first-order chi connectivity index (χ1) is 7.06. The maximum Gasteiger partial charge on any atom is 0.0690 e. The molecule has 1 nitrogen and oxygen atoms in total. The Labute approximate surface area is 92.7 Å². The fraction of sp³-hybridized carbons (Fsp3) is 0.500. The van der Waals surface area contributed by atoms with Crippen LogP contribution in [0.4, 0.5) is 0 Å². The molecule has 0 radical (unpaired) electrons. The molecule has 1 aromatic rings. The zero-order valence-corrected chi connectivity index (χ0v) is 9.83. The lowest BCUT2D eigenvalue weighted by molar-refractivity contribution is 0.341. The molecule has 0 amide bonds. The van der Waals surface area contributed by atoms with Gasteiger partial charge in [0.15, 0.2) is 0 Å². The molecule has 15 heavy (non-hydrogen) atoms. The summed E-state index contributed by atoms with van der Waals surface area (Å²) < 4.78 is 0. The Bertz CT molecular complexity index is 334. The van der Waals surface area contributed by atoms with Crippen molar-refractivity contribution in [3.05, 3.63) is 35.9 Å². The minimum atomic E-state index is -0.227. The van der Waals surface area contributed by atoms with E-state index in [1.54, 1.807) is 0 Å². The van der Waals surface area contributed by atoms with Crippen molar-refractivity contribution in [1.82, 2.24) is 0 Å². The van der Waals surface area contributed by atoms with Crippen LogP contribution in [0.3, 0.4) is 0 Å². The van der Waals surface area contributed by atoms with Crippen LogP contribution >= 0.6 is 0 Å². The van der Waals surface area contributed by atoms with Crippen LogP contribution < -0.4 is 0 Å². The van der Waals surface area contributed by atoms with Gasteiger partial charge in [-0.15, -0.1) is 0 Å². The second kappa shape index (κ2) is 4.98. The zero-order chi connectivity index (χ0) is 11.3. The monoisotopic (exact) mass is 201 g/mol. The second-order valence-electron chi connectivity index (χ2n) is 4.93. The predicted molar refractivity (Wildman–Crippen MR) is 63.3 cm³/mol. The van der Waals surface area contributed by atoms with E-state index < -0.39 is 0 Å². The van der Waals surface area contributed by atoms with Gasteiger partial charge in [0.2, 0.25) is 0 Å². The summed E-state index contributed by atoms with van der Waals surface area (Å²) in [6.45, 7) is 6.39. The molecule has 1 heteroatoms. The molecule has 1 unspecified atom stereocenters. The smallest absolute Gasteiger partial charge is 0.0690 e. The van der Waals surface area contributed by atoms with Crippen LogP contribution in [0.2, 0.25) is 0 Å². The zero-order valence-electron chi connectivity index (χ0n) is 9.83. The SMILES string of the molecule is CC(C)CC(C)(C#N)Cc1ccccc1. The van der Waals surface area contributed by atoms with Gasteiger partial charge in [0.25, 0.3) is 0 Å². The minimum Gasteiger partial charge on any atom is -0.198 e. The highest BCUT2D eigenvalue weighted by atomic mass is 14.4. The van der Waals surface area contributed by atoms with Gasteiger partial charge < -0.3 is 0 Å². The molecule has 1 atom stereocenters. The van der Waals surface area contributed by atoms with Gasteiger partial charge in [0, 0.05) is 0 Å². The molecule has 0 saturated carbocycles. The molecule has 0 N–H and O–H groups in total. The van der Waals surface area contributed by atoms with E-state index in [9.17, 15) is 5.26 Å². The van der Waals surface area contributed by atoms with Crippen molar-refractivity contribution >= 4 is 0 Å². The van der Waals surface area contributed by atoms with Crippen molar-refractivity contribution in [1.29, 1.82) is 5.26 Å². The second-order valence-corrected chi connectivity index (χ2v) is 4.93. The van der Waals surface area contributed by atoms with Gasteiger partial charge in [0.1, 0.15) is 0 Å². The Morgan fingerprint density at radius 3 is 2.33 bits per heavy atom. The summed E-state index contributed by atoms with van der Waals surface area (Å²) in [6.07, 6.45) is 1.81. The molecule has 0 aliphatic rings. The molecule has 80 valence electrons. The van der Waals surface area contributed by atoms with Gasteiger partial charge in [0.05, 0.1) is 11.5 Å². The van der Waals surface area contributed by atoms with Crippen molar-refractivity contribution in [2.24, 2.45) is 11.3 Å². The van der Waals surface area contributed by atoms with Crippen LogP contribution in [0.1, 0.15) is 32.8 Å². The average molecular weight is 201 g/mol. The predicted octanol–water partition coefficient (Wildman–Crippen LogP) is 3.81. The van der Waals surface area contributed by atoms with E-state index in [1.807, 2.05) is 18.2 Å². The third-order valence-electron chi connectivity index (χ3n) is 2.57. The summed E-state index contributed by atoms with van der Waals surface area (Å²) in [5.41, 5.74) is 1.03. The molecule has 0 aliphatic heterocycles. The molecular weight excluding hydrogens is 182 g/mol. The molecule has 1 rings (SSSR count). The minimum absolute atomic E-state index is 0.227. The maximum absolute atomic E-state index is 9.25. The van der Waals surface area contributed by atoms with E-state index >= 15 is 0 Å².